The molecule has 0 saturated carbocycles. The number of aryl methyl sites for hydroxylation is 4. The first-order valence-corrected chi connectivity index (χ1v) is 27.6. The number of rotatable bonds is 12. The molecule has 0 bridgehead atoms. The molecule has 0 spiro atoms. The van der Waals surface area contributed by atoms with E-state index in [-0.39, 0.29) is 5.75 Å². The fourth-order valence-electron chi connectivity index (χ4n) is 7.84. The van der Waals surface area contributed by atoms with Gasteiger partial charge < -0.3 is 18.9 Å². The number of hydrogen-bond donors (Lipinski definition) is 0. The Morgan fingerprint density at radius 1 is 0.351 bits per heavy atom. The lowest BCUT2D eigenvalue weighted by Crippen LogP contribution is -2.54. The third kappa shape index (κ3) is 15.6. The minimum Gasteiger partial charge on any atom is -0.497 e. The Hall–Kier alpha value is -6.89. The Balaban J connectivity index is 0.000000185. The molecule has 0 fully saturated rings. The lowest BCUT2D eigenvalue weighted by molar-refractivity contribution is -0.288. The third-order valence-corrected chi connectivity index (χ3v) is 17.0. The van der Waals surface area contributed by atoms with Crippen molar-refractivity contribution in [2.24, 2.45) is 0 Å². The van der Waals surface area contributed by atoms with E-state index in [0.717, 1.165) is 60.1 Å². The summed E-state index contributed by atoms with van der Waals surface area (Å²) in [6, 6.07) is 58.9. The summed E-state index contributed by atoms with van der Waals surface area (Å²) in [4.78, 5) is 2.49. The maximum atomic E-state index is 13.8. The van der Waals surface area contributed by atoms with Crippen molar-refractivity contribution in [3.63, 3.8) is 0 Å². The Bertz CT molecular complexity index is 2800. The van der Waals surface area contributed by atoms with Crippen LogP contribution in [-0.4, -0.2) is 48.9 Å². The molecule has 0 aliphatic rings. The van der Waals surface area contributed by atoms with Gasteiger partial charge >= 0.3 is 12.4 Å². The highest BCUT2D eigenvalue weighted by atomic mass is 32.2. The lowest BCUT2D eigenvalue weighted by atomic mass is 9.72. The summed E-state index contributed by atoms with van der Waals surface area (Å²) in [5.41, 5.74) is 1.23. The van der Waals surface area contributed by atoms with Crippen LogP contribution >= 0.6 is 11.8 Å². The van der Waals surface area contributed by atoms with E-state index in [4.69, 9.17) is 18.9 Å². The van der Waals surface area contributed by atoms with Gasteiger partial charge in [-0.3, -0.25) is 0 Å². The van der Waals surface area contributed by atoms with Crippen molar-refractivity contribution in [2.75, 3.05) is 28.4 Å². The molecule has 0 aliphatic carbocycles. The van der Waals surface area contributed by atoms with Gasteiger partial charge in [-0.05, 0) is 129 Å². The standard InChI is InChI=1S/C17H14F6O.C16H20OSi.C15H16O.C14H14OS/c1-11-3-5-12(6-4-11)15(16(18,19)20,17(21,22)23)13-7-9-14(24-2)10-8-13;1-13-5-9-15(10-6-13)18(3,4)16-11-7-14(17-2)8-12-16;1-12-3-5-13(6-4-12)11-14-7-9-15(16-2)10-8-14;1-11-3-7-13(8-4-11)16-14-9-5-12(15-2)6-10-14/h3-10H,1-2H3;5-12H,1-4H3;3-10H,11H2,1-2H3;3-10H,1-2H3. The second-order valence-corrected chi connectivity index (χ2v) is 23.7. The van der Waals surface area contributed by atoms with E-state index in [0.29, 0.717) is 5.56 Å². The van der Waals surface area contributed by atoms with Crippen LogP contribution < -0.4 is 29.3 Å². The quantitative estimate of drug-likeness (QED) is 0.0900. The molecule has 4 nitrogen and oxygen atoms in total. The molecule has 0 heterocycles. The van der Waals surface area contributed by atoms with Gasteiger partial charge in [-0.1, -0.05) is 179 Å². The number of hydrogen-bond acceptors (Lipinski definition) is 5. The van der Waals surface area contributed by atoms with Gasteiger partial charge in [-0.15, -0.1) is 0 Å². The number of ether oxygens (including phenoxy) is 4. The Morgan fingerprint density at radius 2 is 0.595 bits per heavy atom. The Morgan fingerprint density at radius 3 is 0.946 bits per heavy atom. The van der Waals surface area contributed by atoms with Crippen molar-refractivity contribution in [3.8, 4) is 23.0 Å². The van der Waals surface area contributed by atoms with Crippen molar-refractivity contribution in [1.82, 2.24) is 0 Å². The smallest absolute Gasteiger partial charge is 0.411 e. The first-order valence-electron chi connectivity index (χ1n) is 23.8. The van der Waals surface area contributed by atoms with Crippen LogP contribution in [0.1, 0.15) is 44.5 Å². The van der Waals surface area contributed by atoms with Gasteiger partial charge in [0, 0.05) is 9.79 Å². The predicted octanol–water partition coefficient (Wildman–Crippen LogP) is 16.0. The normalized spacial score (nSPS) is 11.4. The largest absolute Gasteiger partial charge is 0.497 e. The molecule has 74 heavy (non-hydrogen) atoms. The highest BCUT2D eigenvalue weighted by Crippen LogP contribution is 2.56. The lowest BCUT2D eigenvalue weighted by Gasteiger charge is -2.38. The van der Waals surface area contributed by atoms with E-state index in [1.807, 2.05) is 24.3 Å². The van der Waals surface area contributed by atoms with Crippen LogP contribution in [0.5, 0.6) is 23.0 Å². The summed E-state index contributed by atoms with van der Waals surface area (Å²) in [7, 11) is 4.78. The second-order valence-electron chi connectivity index (χ2n) is 18.2. The third-order valence-electron chi connectivity index (χ3n) is 12.4. The van der Waals surface area contributed by atoms with E-state index in [1.54, 1.807) is 40.0 Å². The van der Waals surface area contributed by atoms with Crippen molar-refractivity contribution in [1.29, 1.82) is 0 Å². The maximum absolute atomic E-state index is 13.8. The minimum absolute atomic E-state index is 0.168. The summed E-state index contributed by atoms with van der Waals surface area (Å²) >= 11 is 1.76. The fraction of sp³-hybridized carbons (Fsp3) is 0.226. The average molecular weight is 1050 g/mol. The first-order chi connectivity index (χ1) is 35.1. The van der Waals surface area contributed by atoms with Crippen molar-refractivity contribution < 1.29 is 45.3 Å². The van der Waals surface area contributed by atoms with E-state index >= 15 is 0 Å². The molecule has 0 saturated heterocycles. The zero-order valence-corrected chi connectivity index (χ0v) is 45.3. The molecule has 12 heteroatoms. The van der Waals surface area contributed by atoms with Crippen LogP contribution in [0.15, 0.2) is 204 Å². The highest BCUT2D eigenvalue weighted by molar-refractivity contribution is 7.99. The van der Waals surface area contributed by atoms with Gasteiger partial charge in [0.1, 0.15) is 31.1 Å². The molecular weight excluding hydrogens is 983 g/mol. The van der Waals surface area contributed by atoms with Gasteiger partial charge in [0.2, 0.25) is 5.41 Å². The monoisotopic (exact) mass is 1050 g/mol. The summed E-state index contributed by atoms with van der Waals surface area (Å²) in [5.74, 6) is 2.90. The molecule has 0 N–H and O–H groups in total. The maximum Gasteiger partial charge on any atom is 0.411 e. The van der Waals surface area contributed by atoms with Crippen LogP contribution in [0.4, 0.5) is 26.3 Å². The zero-order valence-electron chi connectivity index (χ0n) is 43.5. The minimum atomic E-state index is -5.57. The van der Waals surface area contributed by atoms with Gasteiger partial charge in [-0.2, -0.15) is 26.3 Å². The number of methoxy groups -OCH3 is 4. The summed E-state index contributed by atoms with van der Waals surface area (Å²) in [6.45, 7) is 12.7. The molecule has 388 valence electrons. The van der Waals surface area contributed by atoms with Crippen LogP contribution in [0.25, 0.3) is 0 Å². The molecule has 0 amide bonds. The fourth-order valence-corrected chi connectivity index (χ4v) is 11.0. The van der Waals surface area contributed by atoms with E-state index < -0.39 is 37.0 Å². The van der Waals surface area contributed by atoms with Crippen LogP contribution in [0.2, 0.25) is 13.1 Å². The van der Waals surface area contributed by atoms with E-state index in [2.05, 4.69) is 155 Å². The van der Waals surface area contributed by atoms with Gasteiger partial charge in [0.05, 0.1) is 28.4 Å². The van der Waals surface area contributed by atoms with Crippen molar-refractivity contribution in [2.45, 2.75) is 74.8 Å². The topological polar surface area (TPSA) is 36.9 Å². The predicted molar refractivity (Wildman–Crippen MR) is 293 cm³/mol. The van der Waals surface area contributed by atoms with Gasteiger partial charge in [0.15, 0.2) is 0 Å². The highest BCUT2D eigenvalue weighted by Gasteiger charge is 2.72. The van der Waals surface area contributed by atoms with Crippen molar-refractivity contribution >= 4 is 30.2 Å². The Labute approximate surface area is 438 Å². The first kappa shape index (κ1) is 58.0. The van der Waals surface area contributed by atoms with E-state index in [9.17, 15) is 26.3 Å². The second kappa shape index (κ2) is 26.4. The van der Waals surface area contributed by atoms with Crippen LogP contribution in [0.3, 0.4) is 0 Å². The molecule has 8 rings (SSSR count). The summed E-state index contributed by atoms with van der Waals surface area (Å²) < 4.78 is 103. The van der Waals surface area contributed by atoms with E-state index in [1.165, 1.54) is 67.2 Å². The number of benzene rings is 8. The average Bonchev–Trinajstić information content (AvgIpc) is 3.39. The molecule has 0 atom stereocenters. The molecule has 8 aromatic carbocycles. The molecular formula is C62H64F6O4SSi. The molecule has 0 aliphatic heterocycles. The van der Waals surface area contributed by atoms with Crippen molar-refractivity contribution in [3.05, 3.63) is 239 Å². The molecule has 8 aromatic rings. The van der Waals surface area contributed by atoms with Gasteiger partial charge in [-0.25, -0.2) is 0 Å². The van der Waals surface area contributed by atoms with Crippen LogP contribution in [-0.2, 0) is 11.8 Å². The van der Waals surface area contributed by atoms with Gasteiger partial charge in [0.25, 0.3) is 0 Å². The van der Waals surface area contributed by atoms with Crippen LogP contribution in [0, 0.1) is 27.7 Å². The molecule has 0 aromatic heterocycles. The number of halogens is 6. The summed E-state index contributed by atoms with van der Waals surface area (Å²) in [6.07, 6.45) is -10.2. The Kier molecular flexibility index (Phi) is 20.7. The zero-order chi connectivity index (χ0) is 54.1. The summed E-state index contributed by atoms with van der Waals surface area (Å²) in [5, 5.41) is 2.91. The molecule has 0 unspecified atom stereocenters. The number of alkyl halides is 6. The SMILES string of the molecule is COc1ccc(C(c2ccc(C)cc2)(C(F)(F)F)C(F)(F)F)cc1.COc1ccc(Cc2ccc(C)cc2)cc1.COc1ccc(Sc2ccc(C)cc2)cc1.COc1ccc([Si](C)(C)c2ccc(C)cc2)cc1. The molecule has 0 radical (unpaired) electrons.